The molecule has 0 radical (unpaired) electrons. The Labute approximate surface area is 94.7 Å². The SMILES string of the molecule is CC(C)C(C)(c1ccccc1)C(C)(C)C. The molecule has 0 heterocycles. The zero-order valence-electron chi connectivity index (χ0n) is 11.0. The van der Waals surface area contributed by atoms with Crippen LogP contribution in [-0.2, 0) is 5.41 Å². The van der Waals surface area contributed by atoms with Gasteiger partial charge in [-0.1, -0.05) is 71.9 Å². The molecule has 0 saturated heterocycles. The van der Waals surface area contributed by atoms with E-state index in [1.54, 1.807) is 0 Å². The lowest BCUT2D eigenvalue weighted by Gasteiger charge is -2.46. The molecule has 0 spiro atoms. The third kappa shape index (κ3) is 2.09. The summed E-state index contributed by atoms with van der Waals surface area (Å²) >= 11 is 0. The highest BCUT2D eigenvalue weighted by molar-refractivity contribution is 5.27. The second-order valence-corrected chi connectivity index (χ2v) is 5.97. The average molecular weight is 204 g/mol. The third-order valence-electron chi connectivity index (χ3n) is 4.09. The van der Waals surface area contributed by atoms with Crippen molar-refractivity contribution >= 4 is 0 Å². The van der Waals surface area contributed by atoms with Crippen molar-refractivity contribution in [2.75, 3.05) is 0 Å². The molecule has 1 aromatic carbocycles. The van der Waals surface area contributed by atoms with Crippen molar-refractivity contribution in [3.8, 4) is 0 Å². The van der Waals surface area contributed by atoms with Crippen LogP contribution >= 0.6 is 0 Å². The van der Waals surface area contributed by atoms with Crippen LogP contribution in [0.15, 0.2) is 30.3 Å². The molecule has 0 amide bonds. The van der Waals surface area contributed by atoms with Crippen molar-refractivity contribution in [1.82, 2.24) is 0 Å². The average Bonchev–Trinajstić information content (AvgIpc) is 2.16. The fourth-order valence-corrected chi connectivity index (χ4v) is 2.42. The standard InChI is InChI=1S/C15H24/c1-12(2)15(6,14(3,4)5)13-10-8-7-9-11-13/h7-12H,1-6H3. The Morgan fingerprint density at radius 2 is 1.33 bits per heavy atom. The number of rotatable bonds is 2. The molecule has 15 heavy (non-hydrogen) atoms. The highest BCUT2D eigenvalue weighted by Crippen LogP contribution is 2.46. The first-order valence-electron chi connectivity index (χ1n) is 5.85. The smallest absolute Gasteiger partial charge is 0.000383 e. The lowest BCUT2D eigenvalue weighted by Crippen LogP contribution is -2.41. The van der Waals surface area contributed by atoms with E-state index in [1.807, 2.05) is 0 Å². The van der Waals surface area contributed by atoms with Gasteiger partial charge in [-0.25, -0.2) is 0 Å². The summed E-state index contributed by atoms with van der Waals surface area (Å²) in [5.41, 5.74) is 1.96. The van der Waals surface area contributed by atoms with Gasteiger partial charge in [-0.3, -0.25) is 0 Å². The third-order valence-corrected chi connectivity index (χ3v) is 4.09. The summed E-state index contributed by atoms with van der Waals surface area (Å²) in [5, 5.41) is 0. The molecule has 0 saturated carbocycles. The summed E-state index contributed by atoms with van der Waals surface area (Å²) in [6.45, 7) is 14.0. The molecule has 0 aliphatic heterocycles. The van der Waals surface area contributed by atoms with E-state index in [2.05, 4.69) is 71.9 Å². The van der Waals surface area contributed by atoms with Crippen LogP contribution in [0, 0.1) is 11.3 Å². The van der Waals surface area contributed by atoms with Crippen LogP contribution in [0.5, 0.6) is 0 Å². The Balaban J connectivity index is 3.26. The molecule has 0 N–H and O–H groups in total. The largest absolute Gasteiger partial charge is 0.0622 e. The first-order valence-corrected chi connectivity index (χ1v) is 5.85. The van der Waals surface area contributed by atoms with Crippen LogP contribution in [0.25, 0.3) is 0 Å². The molecule has 0 fully saturated rings. The Bertz CT molecular complexity index is 303. The molecule has 1 rings (SSSR count). The topological polar surface area (TPSA) is 0 Å². The number of hydrogen-bond acceptors (Lipinski definition) is 0. The van der Waals surface area contributed by atoms with Crippen LogP contribution in [0.2, 0.25) is 0 Å². The summed E-state index contributed by atoms with van der Waals surface area (Å²) in [6.07, 6.45) is 0. The lowest BCUT2D eigenvalue weighted by molar-refractivity contribution is 0.142. The minimum Gasteiger partial charge on any atom is -0.0622 e. The van der Waals surface area contributed by atoms with Crippen molar-refractivity contribution in [1.29, 1.82) is 0 Å². The minimum absolute atomic E-state index is 0.230. The monoisotopic (exact) mass is 204 g/mol. The van der Waals surface area contributed by atoms with E-state index in [9.17, 15) is 0 Å². The first-order chi connectivity index (χ1) is 6.80. The van der Waals surface area contributed by atoms with Crippen molar-refractivity contribution in [2.24, 2.45) is 11.3 Å². The fourth-order valence-electron chi connectivity index (χ4n) is 2.42. The molecular formula is C15H24. The van der Waals surface area contributed by atoms with Gasteiger partial charge in [-0.15, -0.1) is 0 Å². The molecular weight excluding hydrogens is 180 g/mol. The van der Waals surface area contributed by atoms with Crippen LogP contribution in [0.3, 0.4) is 0 Å². The summed E-state index contributed by atoms with van der Waals surface area (Å²) in [5.74, 6) is 0.639. The quantitative estimate of drug-likeness (QED) is 0.658. The van der Waals surface area contributed by atoms with Gasteiger partial charge in [0.05, 0.1) is 0 Å². The van der Waals surface area contributed by atoms with Gasteiger partial charge in [0.2, 0.25) is 0 Å². The highest BCUT2D eigenvalue weighted by Gasteiger charge is 2.41. The minimum atomic E-state index is 0.230. The first kappa shape index (κ1) is 12.3. The van der Waals surface area contributed by atoms with Crippen molar-refractivity contribution < 1.29 is 0 Å². The van der Waals surface area contributed by atoms with Crippen LogP contribution in [-0.4, -0.2) is 0 Å². The van der Waals surface area contributed by atoms with Crippen molar-refractivity contribution in [3.05, 3.63) is 35.9 Å². The van der Waals surface area contributed by atoms with Crippen LogP contribution in [0.4, 0.5) is 0 Å². The Morgan fingerprint density at radius 3 is 1.67 bits per heavy atom. The van der Waals surface area contributed by atoms with Crippen LogP contribution < -0.4 is 0 Å². The molecule has 0 aliphatic rings. The highest BCUT2D eigenvalue weighted by atomic mass is 14.4. The van der Waals surface area contributed by atoms with Crippen LogP contribution in [0.1, 0.15) is 47.1 Å². The van der Waals surface area contributed by atoms with Gasteiger partial charge in [-0.2, -0.15) is 0 Å². The summed E-state index contributed by atoms with van der Waals surface area (Å²) in [4.78, 5) is 0. The Hall–Kier alpha value is -0.780. The molecule has 1 atom stereocenters. The molecule has 0 heteroatoms. The van der Waals surface area contributed by atoms with E-state index < -0.39 is 0 Å². The normalized spacial score (nSPS) is 16.5. The molecule has 0 aliphatic carbocycles. The van der Waals surface area contributed by atoms with Crippen molar-refractivity contribution in [3.63, 3.8) is 0 Å². The van der Waals surface area contributed by atoms with Gasteiger partial charge < -0.3 is 0 Å². The van der Waals surface area contributed by atoms with E-state index in [0.29, 0.717) is 5.92 Å². The van der Waals surface area contributed by atoms with Gasteiger partial charge in [0.15, 0.2) is 0 Å². The van der Waals surface area contributed by atoms with E-state index >= 15 is 0 Å². The van der Waals surface area contributed by atoms with Gasteiger partial charge in [-0.05, 0) is 22.3 Å². The van der Waals surface area contributed by atoms with Crippen molar-refractivity contribution in [2.45, 2.75) is 47.0 Å². The second kappa shape index (κ2) is 4.00. The predicted molar refractivity (Wildman–Crippen MR) is 68.1 cm³/mol. The van der Waals surface area contributed by atoms with E-state index in [-0.39, 0.29) is 10.8 Å². The Kier molecular flexibility index (Phi) is 3.28. The maximum atomic E-state index is 2.38. The lowest BCUT2D eigenvalue weighted by atomic mass is 9.58. The second-order valence-electron chi connectivity index (χ2n) is 5.97. The zero-order chi connectivity index (χ0) is 11.7. The molecule has 1 aromatic rings. The predicted octanol–water partition coefficient (Wildman–Crippen LogP) is 4.65. The fraction of sp³-hybridized carbons (Fsp3) is 0.600. The van der Waals surface area contributed by atoms with Gasteiger partial charge in [0.25, 0.3) is 0 Å². The summed E-state index contributed by atoms with van der Waals surface area (Å²) < 4.78 is 0. The Morgan fingerprint density at radius 1 is 0.867 bits per heavy atom. The molecule has 0 nitrogen and oxygen atoms in total. The zero-order valence-corrected chi connectivity index (χ0v) is 11.0. The van der Waals surface area contributed by atoms with Gasteiger partial charge in [0.1, 0.15) is 0 Å². The number of benzene rings is 1. The molecule has 84 valence electrons. The van der Waals surface area contributed by atoms with E-state index in [0.717, 1.165) is 0 Å². The maximum absolute atomic E-state index is 2.38. The molecule has 0 bridgehead atoms. The summed E-state index contributed by atoms with van der Waals surface area (Å²) in [6, 6.07) is 10.9. The summed E-state index contributed by atoms with van der Waals surface area (Å²) in [7, 11) is 0. The number of hydrogen-bond donors (Lipinski definition) is 0. The van der Waals surface area contributed by atoms with E-state index in [4.69, 9.17) is 0 Å². The maximum Gasteiger partial charge on any atom is -0.000383 e. The molecule has 0 aromatic heterocycles. The molecule has 1 unspecified atom stereocenters. The van der Waals surface area contributed by atoms with E-state index in [1.165, 1.54) is 5.56 Å². The van der Waals surface area contributed by atoms with Gasteiger partial charge in [0, 0.05) is 0 Å². The van der Waals surface area contributed by atoms with Gasteiger partial charge >= 0.3 is 0 Å².